The Hall–Kier alpha value is -1.66. The minimum absolute atomic E-state index is 0.0139. The molecule has 0 rings (SSSR count). The standard InChI is InChI=1S/C21H36O6/c1-3-19(23)26-21(25,27-20(24)4-2)17-15-13-11-9-7-5-6-8-10-12-14-16-18-22/h3-4,22,25H,1-2,5-18H2. The van der Waals surface area contributed by atoms with Crippen LogP contribution in [0.1, 0.15) is 83.5 Å². The van der Waals surface area contributed by atoms with Crippen molar-refractivity contribution in [1.29, 1.82) is 0 Å². The maximum atomic E-state index is 11.3. The molecule has 0 aliphatic rings. The van der Waals surface area contributed by atoms with Crippen molar-refractivity contribution in [3.63, 3.8) is 0 Å². The Morgan fingerprint density at radius 3 is 1.37 bits per heavy atom. The van der Waals surface area contributed by atoms with E-state index in [0.717, 1.165) is 44.3 Å². The lowest BCUT2D eigenvalue weighted by Crippen LogP contribution is -2.39. The molecular weight excluding hydrogens is 348 g/mol. The van der Waals surface area contributed by atoms with Gasteiger partial charge in [0.2, 0.25) is 0 Å². The molecule has 0 fully saturated rings. The SMILES string of the molecule is C=CC(=O)OC(O)(CCCCCCCCCCCCCCO)OC(=O)C=C. The molecule has 0 aromatic rings. The second-order valence-electron chi connectivity index (χ2n) is 6.68. The Labute approximate surface area is 163 Å². The predicted octanol–water partition coefficient (Wildman–Crippen LogP) is 4.15. The smallest absolute Gasteiger partial charge is 0.373 e. The lowest BCUT2D eigenvalue weighted by Gasteiger charge is -2.25. The van der Waals surface area contributed by atoms with E-state index < -0.39 is 17.9 Å². The molecule has 156 valence electrons. The number of aliphatic hydroxyl groups excluding tert-OH is 1. The number of hydrogen-bond acceptors (Lipinski definition) is 6. The number of carbonyl (C=O) groups is 2. The number of ether oxygens (including phenoxy) is 2. The molecule has 0 unspecified atom stereocenters. The first kappa shape index (κ1) is 25.3. The normalized spacial score (nSPS) is 11.0. The van der Waals surface area contributed by atoms with Crippen molar-refractivity contribution in [2.45, 2.75) is 89.4 Å². The summed E-state index contributed by atoms with van der Waals surface area (Å²) in [6.07, 6.45) is 14.7. The van der Waals surface area contributed by atoms with Crippen molar-refractivity contribution in [1.82, 2.24) is 0 Å². The molecule has 0 bridgehead atoms. The van der Waals surface area contributed by atoms with Crippen molar-refractivity contribution in [2.24, 2.45) is 0 Å². The zero-order valence-corrected chi connectivity index (χ0v) is 16.5. The van der Waals surface area contributed by atoms with Crippen LogP contribution in [0.25, 0.3) is 0 Å². The van der Waals surface area contributed by atoms with E-state index in [-0.39, 0.29) is 6.42 Å². The average molecular weight is 385 g/mol. The third kappa shape index (κ3) is 15.1. The fourth-order valence-corrected chi connectivity index (χ4v) is 2.75. The molecule has 0 radical (unpaired) electrons. The third-order valence-corrected chi connectivity index (χ3v) is 4.25. The highest BCUT2D eigenvalue weighted by Crippen LogP contribution is 2.21. The lowest BCUT2D eigenvalue weighted by molar-refractivity contribution is -0.324. The van der Waals surface area contributed by atoms with Gasteiger partial charge in [-0.2, -0.15) is 0 Å². The topological polar surface area (TPSA) is 93.1 Å². The Morgan fingerprint density at radius 1 is 0.704 bits per heavy atom. The Kier molecular flexibility index (Phi) is 15.5. The van der Waals surface area contributed by atoms with E-state index in [4.69, 9.17) is 14.6 Å². The molecule has 2 N–H and O–H groups in total. The van der Waals surface area contributed by atoms with Gasteiger partial charge in [-0.1, -0.05) is 77.4 Å². The summed E-state index contributed by atoms with van der Waals surface area (Å²) in [4.78, 5) is 22.6. The maximum Gasteiger partial charge on any atom is 0.373 e. The second kappa shape index (κ2) is 16.5. The van der Waals surface area contributed by atoms with Gasteiger partial charge in [-0.25, -0.2) is 9.59 Å². The fraction of sp³-hybridized carbons (Fsp3) is 0.714. The van der Waals surface area contributed by atoms with Crippen molar-refractivity contribution in [2.75, 3.05) is 6.61 Å². The van der Waals surface area contributed by atoms with Crippen LogP contribution in [0.5, 0.6) is 0 Å². The maximum absolute atomic E-state index is 11.3. The summed E-state index contributed by atoms with van der Waals surface area (Å²) in [6, 6.07) is 0. The summed E-state index contributed by atoms with van der Waals surface area (Å²) in [5, 5.41) is 18.9. The van der Waals surface area contributed by atoms with Gasteiger partial charge in [-0.3, -0.25) is 0 Å². The molecule has 0 spiro atoms. The summed E-state index contributed by atoms with van der Waals surface area (Å²) in [7, 11) is 0. The van der Waals surface area contributed by atoms with Gasteiger partial charge in [0.25, 0.3) is 0 Å². The quantitative estimate of drug-likeness (QED) is 0.160. The van der Waals surface area contributed by atoms with Crippen LogP contribution < -0.4 is 0 Å². The number of rotatable bonds is 18. The van der Waals surface area contributed by atoms with Crippen molar-refractivity contribution < 1.29 is 29.3 Å². The average Bonchev–Trinajstić information content (AvgIpc) is 2.65. The highest BCUT2D eigenvalue weighted by Gasteiger charge is 2.34. The Balaban J connectivity index is 3.79. The largest absolute Gasteiger partial charge is 0.396 e. The predicted molar refractivity (Wildman–Crippen MR) is 105 cm³/mol. The number of unbranched alkanes of at least 4 members (excludes halogenated alkanes) is 11. The van der Waals surface area contributed by atoms with E-state index in [9.17, 15) is 14.7 Å². The molecule has 0 saturated heterocycles. The molecule has 0 saturated carbocycles. The third-order valence-electron chi connectivity index (χ3n) is 4.25. The monoisotopic (exact) mass is 384 g/mol. The summed E-state index contributed by atoms with van der Waals surface area (Å²) in [5.74, 6) is -3.98. The van der Waals surface area contributed by atoms with Gasteiger partial charge in [-0.15, -0.1) is 0 Å². The van der Waals surface area contributed by atoms with E-state index in [0.29, 0.717) is 13.0 Å². The van der Waals surface area contributed by atoms with Crippen LogP contribution in [-0.4, -0.2) is 34.7 Å². The van der Waals surface area contributed by atoms with Crippen LogP contribution in [0.15, 0.2) is 25.3 Å². The molecule has 0 aromatic carbocycles. The van der Waals surface area contributed by atoms with Crippen LogP contribution in [0.4, 0.5) is 0 Å². The summed E-state index contributed by atoms with van der Waals surface area (Å²) < 4.78 is 9.52. The molecular formula is C21H36O6. The van der Waals surface area contributed by atoms with E-state index in [1.165, 1.54) is 38.5 Å². The highest BCUT2D eigenvalue weighted by molar-refractivity contribution is 5.83. The van der Waals surface area contributed by atoms with Crippen molar-refractivity contribution in [3.05, 3.63) is 25.3 Å². The second-order valence-corrected chi connectivity index (χ2v) is 6.68. The summed E-state index contributed by atoms with van der Waals surface area (Å²) in [5.41, 5.74) is 0. The minimum Gasteiger partial charge on any atom is -0.396 e. The molecule has 0 aliphatic carbocycles. The zero-order valence-electron chi connectivity index (χ0n) is 16.5. The Morgan fingerprint density at radius 2 is 1.04 bits per heavy atom. The lowest BCUT2D eigenvalue weighted by atomic mass is 10.0. The first-order valence-corrected chi connectivity index (χ1v) is 10.0. The summed E-state index contributed by atoms with van der Waals surface area (Å²) >= 11 is 0. The van der Waals surface area contributed by atoms with Gasteiger partial charge in [-0.05, 0) is 12.8 Å². The van der Waals surface area contributed by atoms with E-state index in [1.54, 1.807) is 0 Å². The molecule has 6 nitrogen and oxygen atoms in total. The van der Waals surface area contributed by atoms with Crippen LogP contribution >= 0.6 is 0 Å². The van der Waals surface area contributed by atoms with Crippen LogP contribution in [0.3, 0.4) is 0 Å². The van der Waals surface area contributed by atoms with Crippen LogP contribution in [0, 0.1) is 0 Å². The van der Waals surface area contributed by atoms with Gasteiger partial charge >= 0.3 is 17.9 Å². The van der Waals surface area contributed by atoms with Gasteiger partial charge < -0.3 is 19.7 Å². The van der Waals surface area contributed by atoms with Gasteiger partial charge in [0, 0.05) is 18.8 Å². The highest BCUT2D eigenvalue weighted by atomic mass is 16.8. The number of esters is 2. The molecule has 27 heavy (non-hydrogen) atoms. The van der Waals surface area contributed by atoms with Crippen molar-refractivity contribution >= 4 is 11.9 Å². The van der Waals surface area contributed by atoms with Gasteiger partial charge in [0.15, 0.2) is 0 Å². The van der Waals surface area contributed by atoms with E-state index in [1.807, 2.05) is 0 Å². The molecule has 0 atom stereocenters. The number of aliphatic hydroxyl groups is 2. The van der Waals surface area contributed by atoms with Gasteiger partial charge in [0.1, 0.15) is 0 Å². The first-order valence-electron chi connectivity index (χ1n) is 10.0. The molecule has 0 aromatic heterocycles. The molecule has 0 heterocycles. The first-order chi connectivity index (χ1) is 13.0. The van der Waals surface area contributed by atoms with E-state index >= 15 is 0 Å². The zero-order chi connectivity index (χ0) is 20.4. The molecule has 6 heteroatoms. The Bertz CT molecular complexity index is 410. The van der Waals surface area contributed by atoms with Crippen LogP contribution in [-0.2, 0) is 19.1 Å². The van der Waals surface area contributed by atoms with Crippen LogP contribution in [0.2, 0.25) is 0 Å². The van der Waals surface area contributed by atoms with Gasteiger partial charge in [0.05, 0.1) is 6.42 Å². The fourth-order valence-electron chi connectivity index (χ4n) is 2.75. The number of hydrogen-bond donors (Lipinski definition) is 2. The molecule has 0 amide bonds. The number of carbonyl (C=O) groups excluding carboxylic acids is 2. The molecule has 0 aliphatic heterocycles. The van der Waals surface area contributed by atoms with E-state index in [2.05, 4.69) is 13.2 Å². The minimum atomic E-state index is -2.27. The van der Waals surface area contributed by atoms with Crippen molar-refractivity contribution in [3.8, 4) is 0 Å². The summed E-state index contributed by atoms with van der Waals surface area (Å²) in [6.45, 7) is 6.81.